The van der Waals surface area contributed by atoms with Crippen LogP contribution in [0.5, 0.6) is 0 Å². The molecule has 1 aliphatic rings. The number of aliphatic hydroxyl groups excluding tert-OH is 3. The second kappa shape index (κ2) is 38.3. The van der Waals surface area contributed by atoms with Crippen LogP contribution in [0.4, 0.5) is 0 Å². The number of carbonyl (C=O) groups excluding carboxylic acids is 1. The molecule has 4 N–H and O–H groups in total. The monoisotopic (exact) mass is 863 g/mol. The van der Waals surface area contributed by atoms with Gasteiger partial charge in [0.1, 0.15) is 30.5 Å². The number of aliphatic hydroxyl groups is 3. The standard InChI is InChI=1S/C46H86O12S/c1-3-5-7-9-11-13-15-17-18-19-20-21-22-23-24-26-28-30-32-34-36-54-38-40(56-42(48)35-33-31-29-27-25-16-14-12-10-8-6-4-2)39-55-46-44(50)45(58-59(51,52)53)43(49)41(37-47)57-46/h11,13,17-18,40-41,43-47,49-50H,3-10,12,14-16,19-39H2,1-2H3,(H,51,52,53)/b13-11-,18-17-. The third-order valence-electron chi connectivity index (χ3n) is 10.8. The number of allylic oxidation sites excluding steroid dienone is 4. The molecule has 12 nitrogen and oxygen atoms in total. The van der Waals surface area contributed by atoms with E-state index < -0.39 is 59.8 Å². The molecule has 0 spiro atoms. The van der Waals surface area contributed by atoms with Gasteiger partial charge in [0.2, 0.25) is 0 Å². The number of carbonyl (C=O) groups is 1. The maximum atomic E-state index is 12.8. The van der Waals surface area contributed by atoms with Crippen LogP contribution >= 0.6 is 0 Å². The summed E-state index contributed by atoms with van der Waals surface area (Å²) in [5, 5.41) is 30.7. The van der Waals surface area contributed by atoms with E-state index in [-0.39, 0.29) is 19.6 Å². The highest BCUT2D eigenvalue weighted by Crippen LogP contribution is 2.26. The molecule has 13 heteroatoms. The van der Waals surface area contributed by atoms with E-state index in [0.717, 1.165) is 44.9 Å². The van der Waals surface area contributed by atoms with E-state index in [2.05, 4.69) is 42.3 Å². The fraction of sp³-hybridized carbons (Fsp3) is 0.891. The maximum absolute atomic E-state index is 12.8. The van der Waals surface area contributed by atoms with Gasteiger partial charge in [0, 0.05) is 13.0 Å². The van der Waals surface area contributed by atoms with Crippen molar-refractivity contribution >= 4 is 16.4 Å². The number of unbranched alkanes of at least 4 members (excludes halogenated alkanes) is 24. The van der Waals surface area contributed by atoms with Crippen LogP contribution in [0, 0.1) is 0 Å². The van der Waals surface area contributed by atoms with Crippen LogP contribution in [0.3, 0.4) is 0 Å². The first kappa shape index (κ1) is 55.6. The molecule has 1 saturated heterocycles. The Kier molecular flexibility index (Phi) is 36.1. The Morgan fingerprint density at radius 2 is 1.12 bits per heavy atom. The second-order valence-electron chi connectivity index (χ2n) is 16.4. The van der Waals surface area contributed by atoms with Crippen molar-refractivity contribution in [1.82, 2.24) is 0 Å². The first-order chi connectivity index (χ1) is 28.6. The van der Waals surface area contributed by atoms with Crippen molar-refractivity contribution in [2.75, 3.05) is 26.4 Å². The molecule has 348 valence electrons. The Labute approximate surface area is 359 Å². The number of esters is 1. The van der Waals surface area contributed by atoms with Crippen molar-refractivity contribution in [3.05, 3.63) is 24.3 Å². The molecular weight excluding hydrogens is 777 g/mol. The third kappa shape index (κ3) is 32.0. The van der Waals surface area contributed by atoms with Crippen LogP contribution in [0.25, 0.3) is 0 Å². The van der Waals surface area contributed by atoms with Gasteiger partial charge < -0.3 is 34.3 Å². The highest BCUT2D eigenvalue weighted by atomic mass is 32.3. The minimum atomic E-state index is -5.06. The fourth-order valence-electron chi connectivity index (χ4n) is 7.23. The van der Waals surface area contributed by atoms with Crippen molar-refractivity contribution in [3.63, 3.8) is 0 Å². The summed E-state index contributed by atoms with van der Waals surface area (Å²) in [7, 11) is -5.06. The predicted molar refractivity (Wildman–Crippen MR) is 234 cm³/mol. The highest BCUT2D eigenvalue weighted by Gasteiger charge is 2.48. The lowest BCUT2D eigenvalue weighted by atomic mass is 9.99. The topological polar surface area (TPSA) is 178 Å². The van der Waals surface area contributed by atoms with Gasteiger partial charge in [0.25, 0.3) is 0 Å². The summed E-state index contributed by atoms with van der Waals surface area (Å²) < 4.78 is 59.1. The van der Waals surface area contributed by atoms with Gasteiger partial charge in [-0.25, -0.2) is 4.18 Å². The summed E-state index contributed by atoms with van der Waals surface area (Å²) in [4.78, 5) is 12.8. The Bertz CT molecular complexity index is 1130. The summed E-state index contributed by atoms with van der Waals surface area (Å²) in [6.45, 7) is 3.97. The van der Waals surface area contributed by atoms with Crippen molar-refractivity contribution in [2.45, 2.75) is 237 Å². The minimum absolute atomic E-state index is 0.0377. The van der Waals surface area contributed by atoms with E-state index in [1.165, 1.54) is 128 Å². The van der Waals surface area contributed by atoms with Crippen molar-refractivity contribution in [2.24, 2.45) is 0 Å². The quantitative estimate of drug-likeness (QED) is 0.0198. The zero-order chi connectivity index (χ0) is 43.2. The Hall–Kier alpha value is -1.42. The van der Waals surface area contributed by atoms with Crippen LogP contribution in [0.15, 0.2) is 24.3 Å². The van der Waals surface area contributed by atoms with Gasteiger partial charge in [-0.1, -0.05) is 173 Å². The highest BCUT2D eigenvalue weighted by molar-refractivity contribution is 7.80. The van der Waals surface area contributed by atoms with Gasteiger partial charge in [-0.2, -0.15) is 8.42 Å². The molecule has 0 amide bonds. The minimum Gasteiger partial charge on any atom is -0.457 e. The molecule has 0 aromatic carbocycles. The van der Waals surface area contributed by atoms with Gasteiger partial charge >= 0.3 is 16.4 Å². The summed E-state index contributed by atoms with van der Waals surface area (Å²) in [5.41, 5.74) is 0. The summed E-state index contributed by atoms with van der Waals surface area (Å²) in [6, 6.07) is 0. The third-order valence-corrected chi connectivity index (χ3v) is 11.3. The van der Waals surface area contributed by atoms with Gasteiger partial charge in [-0.15, -0.1) is 0 Å². The van der Waals surface area contributed by atoms with Gasteiger partial charge in [0.05, 0.1) is 19.8 Å². The zero-order valence-electron chi connectivity index (χ0n) is 37.1. The zero-order valence-corrected chi connectivity index (χ0v) is 37.9. The number of hydrogen-bond donors (Lipinski definition) is 4. The summed E-state index contributed by atoms with van der Waals surface area (Å²) in [6.07, 6.45) is 33.5. The second-order valence-corrected chi connectivity index (χ2v) is 17.4. The largest absolute Gasteiger partial charge is 0.457 e. The maximum Gasteiger partial charge on any atom is 0.397 e. The Balaban J connectivity index is 2.37. The van der Waals surface area contributed by atoms with Crippen molar-refractivity contribution < 1.29 is 56.2 Å². The first-order valence-electron chi connectivity index (χ1n) is 23.6. The fourth-order valence-corrected chi connectivity index (χ4v) is 7.74. The van der Waals surface area contributed by atoms with Crippen LogP contribution in [-0.4, -0.2) is 97.5 Å². The van der Waals surface area contributed by atoms with E-state index in [1.807, 2.05) is 0 Å². The molecule has 1 aliphatic heterocycles. The lowest BCUT2D eigenvalue weighted by molar-refractivity contribution is -0.301. The van der Waals surface area contributed by atoms with E-state index in [1.54, 1.807) is 0 Å². The van der Waals surface area contributed by atoms with E-state index >= 15 is 0 Å². The van der Waals surface area contributed by atoms with Crippen LogP contribution in [0.1, 0.15) is 200 Å². The van der Waals surface area contributed by atoms with Gasteiger partial charge in [0.15, 0.2) is 6.29 Å². The first-order valence-corrected chi connectivity index (χ1v) is 25.0. The molecule has 0 radical (unpaired) electrons. The lowest BCUT2D eigenvalue weighted by Crippen LogP contribution is -2.60. The Morgan fingerprint density at radius 3 is 1.64 bits per heavy atom. The molecule has 0 aliphatic carbocycles. The van der Waals surface area contributed by atoms with E-state index in [9.17, 15) is 28.5 Å². The van der Waals surface area contributed by atoms with E-state index in [4.69, 9.17) is 23.5 Å². The molecule has 6 atom stereocenters. The molecule has 1 fully saturated rings. The van der Waals surface area contributed by atoms with Crippen molar-refractivity contribution in [3.8, 4) is 0 Å². The van der Waals surface area contributed by atoms with Crippen LogP contribution in [-0.2, 0) is 38.3 Å². The van der Waals surface area contributed by atoms with E-state index in [0.29, 0.717) is 13.0 Å². The summed E-state index contributed by atoms with van der Waals surface area (Å²) in [5.74, 6) is -0.399. The van der Waals surface area contributed by atoms with Gasteiger partial charge in [-0.05, 0) is 44.9 Å². The summed E-state index contributed by atoms with van der Waals surface area (Å²) >= 11 is 0. The molecule has 1 heterocycles. The lowest BCUT2D eigenvalue weighted by Gasteiger charge is -2.41. The van der Waals surface area contributed by atoms with Crippen LogP contribution < -0.4 is 0 Å². The van der Waals surface area contributed by atoms with Crippen LogP contribution in [0.2, 0.25) is 0 Å². The molecule has 1 rings (SSSR count). The predicted octanol–water partition coefficient (Wildman–Crippen LogP) is 10.0. The molecule has 0 aromatic rings. The molecule has 59 heavy (non-hydrogen) atoms. The normalized spacial score (nSPS) is 20.5. The smallest absolute Gasteiger partial charge is 0.397 e. The van der Waals surface area contributed by atoms with Crippen molar-refractivity contribution in [1.29, 1.82) is 0 Å². The SMILES string of the molecule is CCCCC/C=C\C/C=C\CCCCCCCCCCCCOCC(COC1OC(CO)C(O)C(OS(=O)(=O)O)C1O)OC(=O)CCCCCCCCCCCCCC. The average Bonchev–Trinajstić information content (AvgIpc) is 3.20. The molecule has 6 unspecified atom stereocenters. The molecule has 0 saturated carbocycles. The number of ether oxygens (including phenoxy) is 4. The van der Waals surface area contributed by atoms with Gasteiger partial charge in [-0.3, -0.25) is 9.35 Å². The Morgan fingerprint density at radius 1 is 0.644 bits per heavy atom. The number of hydrogen-bond acceptors (Lipinski definition) is 11. The molecular formula is C46H86O12S. The molecule has 0 bridgehead atoms. The molecule has 0 aromatic heterocycles. The number of rotatable bonds is 41. The average molecular weight is 863 g/mol.